The molecule has 0 spiro atoms. The van der Waals surface area contributed by atoms with Crippen LogP contribution in [0.3, 0.4) is 0 Å². The van der Waals surface area contributed by atoms with Crippen molar-refractivity contribution in [2.75, 3.05) is 6.54 Å². The number of carbonyl (C=O) groups is 1. The van der Waals surface area contributed by atoms with Gasteiger partial charge < -0.3 is 4.90 Å². The summed E-state index contributed by atoms with van der Waals surface area (Å²) in [5.41, 5.74) is 3.66. The van der Waals surface area contributed by atoms with Crippen LogP contribution in [0.2, 0.25) is 5.02 Å². The van der Waals surface area contributed by atoms with E-state index < -0.39 is 0 Å². The van der Waals surface area contributed by atoms with Crippen molar-refractivity contribution in [3.8, 4) is 0 Å². The van der Waals surface area contributed by atoms with Crippen LogP contribution in [0.25, 0.3) is 0 Å². The highest BCUT2D eigenvalue weighted by Crippen LogP contribution is 2.34. The summed E-state index contributed by atoms with van der Waals surface area (Å²) >= 11 is 7.48. The Bertz CT molecular complexity index is 640. The summed E-state index contributed by atoms with van der Waals surface area (Å²) in [6.45, 7) is 2.68. The first-order valence-corrected chi connectivity index (χ1v) is 7.89. The van der Waals surface area contributed by atoms with Gasteiger partial charge in [0.05, 0.1) is 17.2 Å². The normalized spacial score (nSPS) is 18.5. The van der Waals surface area contributed by atoms with Crippen LogP contribution in [0.4, 0.5) is 0 Å². The molecule has 3 nitrogen and oxygen atoms in total. The Morgan fingerprint density at radius 3 is 3.05 bits per heavy atom. The van der Waals surface area contributed by atoms with Gasteiger partial charge in [0.15, 0.2) is 0 Å². The molecule has 0 aliphatic carbocycles. The predicted octanol–water partition coefficient (Wildman–Crippen LogP) is 4.08. The number of rotatable bonds is 2. The molecular formula is C15H15ClN2OS. The predicted molar refractivity (Wildman–Crippen MR) is 81.3 cm³/mol. The number of hydrogen-bond acceptors (Lipinski definition) is 3. The van der Waals surface area contributed by atoms with E-state index >= 15 is 0 Å². The lowest BCUT2D eigenvalue weighted by Gasteiger charge is -2.25. The van der Waals surface area contributed by atoms with Crippen molar-refractivity contribution in [3.63, 3.8) is 0 Å². The number of carbonyl (C=O) groups excluding carboxylic acids is 1. The second-order valence-corrected chi connectivity index (χ2v) is 6.27. The molecule has 1 aliphatic rings. The number of aryl methyl sites for hydroxylation is 1. The summed E-state index contributed by atoms with van der Waals surface area (Å²) in [7, 11) is 0. The number of nitrogens with zero attached hydrogens (tertiary/aromatic N) is 2. The van der Waals surface area contributed by atoms with Gasteiger partial charge in [0.25, 0.3) is 5.91 Å². The van der Waals surface area contributed by atoms with Gasteiger partial charge in [-0.25, -0.2) is 4.98 Å². The molecule has 3 rings (SSSR count). The molecule has 2 heterocycles. The summed E-state index contributed by atoms with van der Waals surface area (Å²) in [5.74, 6) is 0.0903. The molecule has 0 saturated carbocycles. The number of aromatic nitrogens is 1. The highest BCUT2D eigenvalue weighted by Gasteiger charge is 2.32. The maximum absolute atomic E-state index is 12.7. The lowest BCUT2D eigenvalue weighted by Crippen LogP contribution is -2.30. The van der Waals surface area contributed by atoms with E-state index in [1.54, 1.807) is 5.51 Å². The summed E-state index contributed by atoms with van der Waals surface area (Å²) < 4.78 is 0. The first-order chi connectivity index (χ1) is 9.66. The molecule has 1 aliphatic heterocycles. The Balaban J connectivity index is 1.90. The molecule has 1 fully saturated rings. The van der Waals surface area contributed by atoms with E-state index in [2.05, 4.69) is 4.98 Å². The number of amides is 1. The smallest absolute Gasteiger partial charge is 0.266 e. The Morgan fingerprint density at radius 2 is 2.35 bits per heavy atom. The average molecular weight is 307 g/mol. The van der Waals surface area contributed by atoms with Crippen molar-refractivity contribution in [1.29, 1.82) is 0 Å². The van der Waals surface area contributed by atoms with Crippen LogP contribution in [0.15, 0.2) is 29.8 Å². The highest BCUT2D eigenvalue weighted by molar-refractivity contribution is 7.11. The summed E-state index contributed by atoms with van der Waals surface area (Å²) in [5, 5.41) is 0.718. The van der Waals surface area contributed by atoms with Gasteiger partial charge >= 0.3 is 0 Å². The number of likely N-dealkylation sites (tertiary alicyclic amines) is 1. The molecule has 2 aromatic rings. The minimum absolute atomic E-state index is 0.0903. The van der Waals surface area contributed by atoms with Gasteiger partial charge in [0.2, 0.25) is 0 Å². The number of hydrogen-bond donors (Lipinski definition) is 0. The van der Waals surface area contributed by atoms with Gasteiger partial charge in [-0.3, -0.25) is 4.79 Å². The van der Waals surface area contributed by atoms with Crippen LogP contribution < -0.4 is 0 Å². The van der Waals surface area contributed by atoms with Crippen molar-refractivity contribution in [3.05, 3.63) is 50.9 Å². The Morgan fingerprint density at radius 1 is 1.50 bits per heavy atom. The van der Waals surface area contributed by atoms with Gasteiger partial charge in [0.1, 0.15) is 4.88 Å². The molecule has 1 amide bonds. The third-order valence-electron chi connectivity index (χ3n) is 3.69. The fourth-order valence-corrected chi connectivity index (χ4v) is 3.66. The second kappa shape index (κ2) is 5.54. The lowest BCUT2D eigenvalue weighted by atomic mass is 10.0. The Labute approximate surface area is 127 Å². The number of halogens is 1. The van der Waals surface area contributed by atoms with Gasteiger partial charge in [-0.2, -0.15) is 0 Å². The Hall–Kier alpha value is -1.39. The minimum Gasteiger partial charge on any atom is -0.331 e. The van der Waals surface area contributed by atoms with Crippen molar-refractivity contribution in [1.82, 2.24) is 9.88 Å². The third-order valence-corrected chi connectivity index (χ3v) is 4.84. The highest BCUT2D eigenvalue weighted by atomic mass is 35.5. The second-order valence-electron chi connectivity index (χ2n) is 4.98. The van der Waals surface area contributed by atoms with E-state index in [1.165, 1.54) is 11.3 Å². The van der Waals surface area contributed by atoms with Crippen molar-refractivity contribution in [2.45, 2.75) is 25.8 Å². The monoisotopic (exact) mass is 306 g/mol. The first-order valence-electron chi connectivity index (χ1n) is 6.63. The van der Waals surface area contributed by atoms with E-state index in [1.807, 2.05) is 36.1 Å². The van der Waals surface area contributed by atoms with E-state index in [0.29, 0.717) is 0 Å². The zero-order chi connectivity index (χ0) is 14.1. The van der Waals surface area contributed by atoms with Crippen LogP contribution in [-0.4, -0.2) is 22.3 Å². The van der Waals surface area contributed by atoms with Gasteiger partial charge in [-0.1, -0.05) is 23.7 Å². The maximum Gasteiger partial charge on any atom is 0.266 e. The number of thiazole rings is 1. The van der Waals surface area contributed by atoms with Crippen molar-refractivity contribution < 1.29 is 4.79 Å². The van der Waals surface area contributed by atoms with Crippen molar-refractivity contribution >= 4 is 28.8 Å². The number of benzene rings is 1. The van der Waals surface area contributed by atoms with Crippen LogP contribution in [0.5, 0.6) is 0 Å². The van der Waals surface area contributed by atoms with Crippen molar-refractivity contribution in [2.24, 2.45) is 0 Å². The maximum atomic E-state index is 12.7. The molecule has 1 saturated heterocycles. The zero-order valence-corrected chi connectivity index (χ0v) is 12.7. The molecule has 0 unspecified atom stereocenters. The van der Waals surface area contributed by atoms with Gasteiger partial charge in [0, 0.05) is 11.6 Å². The summed E-state index contributed by atoms with van der Waals surface area (Å²) in [4.78, 5) is 19.5. The molecule has 0 N–H and O–H groups in total. The van der Waals surface area contributed by atoms with Crippen LogP contribution in [0, 0.1) is 6.92 Å². The topological polar surface area (TPSA) is 33.2 Å². The van der Waals surface area contributed by atoms with Gasteiger partial charge in [-0.05, 0) is 37.5 Å². The molecule has 1 aromatic carbocycles. The fraction of sp³-hybridized carbons (Fsp3) is 0.333. The molecule has 1 aromatic heterocycles. The molecule has 5 heteroatoms. The Kier molecular flexibility index (Phi) is 3.76. The molecule has 104 valence electrons. The SMILES string of the molecule is Cc1ncsc1C(=O)N1CCC[C@@H]1c1cccc(Cl)c1. The summed E-state index contributed by atoms with van der Waals surface area (Å²) in [6.07, 6.45) is 2.02. The van der Waals surface area contributed by atoms with E-state index in [9.17, 15) is 4.79 Å². The van der Waals surface area contributed by atoms with Gasteiger partial charge in [-0.15, -0.1) is 11.3 Å². The standard InChI is InChI=1S/C15H15ClN2OS/c1-10-14(20-9-17-10)15(19)18-7-3-6-13(18)11-4-2-5-12(16)8-11/h2,4-5,8-9,13H,3,6-7H2,1H3/t13-/m1/s1. The van der Waals surface area contributed by atoms with E-state index in [-0.39, 0.29) is 11.9 Å². The zero-order valence-electron chi connectivity index (χ0n) is 11.2. The summed E-state index contributed by atoms with van der Waals surface area (Å²) in [6, 6.07) is 7.93. The fourth-order valence-electron chi connectivity index (χ4n) is 2.71. The minimum atomic E-state index is 0.0903. The van der Waals surface area contributed by atoms with Crippen LogP contribution in [0.1, 0.15) is 39.8 Å². The quantitative estimate of drug-likeness (QED) is 0.837. The molecule has 20 heavy (non-hydrogen) atoms. The van der Waals surface area contributed by atoms with E-state index in [0.717, 1.165) is 40.5 Å². The molecule has 1 atom stereocenters. The molecular weight excluding hydrogens is 292 g/mol. The van der Waals surface area contributed by atoms with Crippen LogP contribution in [-0.2, 0) is 0 Å². The molecule has 0 radical (unpaired) electrons. The lowest BCUT2D eigenvalue weighted by molar-refractivity contribution is 0.0739. The first kappa shape index (κ1) is 13.6. The van der Waals surface area contributed by atoms with E-state index in [4.69, 9.17) is 11.6 Å². The molecule has 0 bridgehead atoms. The van der Waals surface area contributed by atoms with Crippen LogP contribution >= 0.6 is 22.9 Å². The average Bonchev–Trinajstić information content (AvgIpc) is 3.06. The third kappa shape index (κ3) is 2.45. The largest absolute Gasteiger partial charge is 0.331 e.